The van der Waals surface area contributed by atoms with Crippen molar-refractivity contribution in [2.75, 3.05) is 38.0 Å². The summed E-state index contributed by atoms with van der Waals surface area (Å²) in [6, 6.07) is 15.3. The summed E-state index contributed by atoms with van der Waals surface area (Å²) in [4.78, 5) is 34.1. The van der Waals surface area contributed by atoms with Gasteiger partial charge in [0.25, 0.3) is 5.91 Å². The van der Waals surface area contributed by atoms with Crippen LogP contribution in [0.4, 0.5) is 5.69 Å². The molecule has 8 heteroatoms. The Labute approximate surface area is 207 Å². The number of aryl methyl sites for hydroxylation is 1. The molecule has 1 aliphatic heterocycles. The van der Waals surface area contributed by atoms with Crippen molar-refractivity contribution in [3.63, 3.8) is 0 Å². The van der Waals surface area contributed by atoms with Gasteiger partial charge in [-0.25, -0.2) is 4.98 Å². The van der Waals surface area contributed by atoms with Gasteiger partial charge in [-0.1, -0.05) is 37.3 Å². The Morgan fingerprint density at radius 3 is 2.49 bits per heavy atom. The molecule has 4 rings (SSSR count). The van der Waals surface area contributed by atoms with Crippen LogP contribution in [0.25, 0.3) is 0 Å². The zero-order valence-corrected chi connectivity index (χ0v) is 20.3. The molecule has 2 amide bonds. The quantitative estimate of drug-likeness (QED) is 0.472. The van der Waals surface area contributed by atoms with E-state index in [-0.39, 0.29) is 11.8 Å². The minimum Gasteiger partial charge on any atom is -0.348 e. The van der Waals surface area contributed by atoms with Gasteiger partial charge in [0.05, 0.1) is 6.33 Å². The number of aromatic nitrogens is 2. The average Bonchev–Trinajstić information content (AvgIpc) is 3.41. The number of rotatable bonds is 10. The van der Waals surface area contributed by atoms with E-state index >= 15 is 0 Å². The highest BCUT2D eigenvalue weighted by molar-refractivity contribution is 5.97. The fraction of sp³-hybridized carbons (Fsp3) is 0.370. The van der Waals surface area contributed by atoms with Gasteiger partial charge < -0.3 is 20.1 Å². The first kappa shape index (κ1) is 24.6. The topological polar surface area (TPSA) is 82.5 Å². The Morgan fingerprint density at radius 2 is 1.74 bits per heavy atom. The number of likely N-dealkylation sites (N-methyl/N-ethyl adjacent to an activating group) is 1. The van der Waals surface area contributed by atoms with Crippen molar-refractivity contribution in [1.82, 2.24) is 24.7 Å². The van der Waals surface area contributed by atoms with Crippen molar-refractivity contribution in [1.29, 1.82) is 0 Å². The van der Waals surface area contributed by atoms with Crippen LogP contribution in [0.2, 0.25) is 0 Å². The molecular weight excluding hydrogens is 440 g/mol. The van der Waals surface area contributed by atoms with Crippen LogP contribution in [0, 0.1) is 0 Å². The molecule has 1 aliphatic rings. The van der Waals surface area contributed by atoms with E-state index in [1.807, 2.05) is 16.8 Å². The van der Waals surface area contributed by atoms with Crippen LogP contribution in [-0.2, 0) is 24.4 Å². The summed E-state index contributed by atoms with van der Waals surface area (Å²) in [5.41, 5.74) is 3.50. The largest absolute Gasteiger partial charge is 0.348 e. The van der Waals surface area contributed by atoms with Gasteiger partial charge >= 0.3 is 0 Å². The maximum absolute atomic E-state index is 12.9. The van der Waals surface area contributed by atoms with Crippen LogP contribution in [0.5, 0.6) is 0 Å². The van der Waals surface area contributed by atoms with E-state index in [1.54, 1.807) is 36.8 Å². The van der Waals surface area contributed by atoms with Crippen LogP contribution in [0.15, 0.2) is 67.3 Å². The zero-order chi connectivity index (χ0) is 24.5. The van der Waals surface area contributed by atoms with Crippen LogP contribution in [-0.4, -0.2) is 63.9 Å². The van der Waals surface area contributed by atoms with Crippen molar-refractivity contribution < 1.29 is 9.59 Å². The van der Waals surface area contributed by atoms with Gasteiger partial charge in [0.2, 0.25) is 5.91 Å². The van der Waals surface area contributed by atoms with Crippen molar-refractivity contribution in [3.05, 3.63) is 83.9 Å². The number of piperazine rings is 1. The molecule has 0 spiro atoms. The molecule has 1 saturated heterocycles. The maximum Gasteiger partial charge on any atom is 0.251 e. The molecule has 0 unspecified atom stereocenters. The number of anilines is 1. The molecule has 0 atom stereocenters. The summed E-state index contributed by atoms with van der Waals surface area (Å²) in [5, 5.41) is 5.92. The van der Waals surface area contributed by atoms with Gasteiger partial charge in [-0.2, -0.15) is 0 Å². The minimum atomic E-state index is -0.161. The van der Waals surface area contributed by atoms with Crippen molar-refractivity contribution in [2.24, 2.45) is 0 Å². The summed E-state index contributed by atoms with van der Waals surface area (Å²) in [6.07, 6.45) is 5.52. The van der Waals surface area contributed by atoms with E-state index in [9.17, 15) is 9.59 Å². The summed E-state index contributed by atoms with van der Waals surface area (Å²) in [6.45, 7) is 9.56. The third-order valence-electron chi connectivity index (χ3n) is 6.43. The lowest BCUT2D eigenvalue weighted by atomic mass is 10.1. The van der Waals surface area contributed by atoms with E-state index in [0.717, 1.165) is 44.8 Å². The normalized spacial score (nSPS) is 14.5. The molecule has 0 radical (unpaired) electrons. The number of hydrogen-bond donors (Lipinski definition) is 2. The number of benzene rings is 2. The second-order valence-electron chi connectivity index (χ2n) is 8.84. The van der Waals surface area contributed by atoms with Gasteiger partial charge in [0, 0.05) is 75.9 Å². The van der Waals surface area contributed by atoms with Gasteiger partial charge in [-0.05, 0) is 35.9 Å². The summed E-state index contributed by atoms with van der Waals surface area (Å²) in [7, 11) is 0. The predicted octanol–water partition coefficient (Wildman–Crippen LogP) is 2.98. The summed E-state index contributed by atoms with van der Waals surface area (Å²) in [5.74, 6) is -0.268. The number of hydrogen-bond acceptors (Lipinski definition) is 5. The first-order valence-electron chi connectivity index (χ1n) is 12.3. The lowest BCUT2D eigenvalue weighted by Crippen LogP contribution is -2.45. The van der Waals surface area contributed by atoms with Crippen molar-refractivity contribution in [2.45, 2.75) is 33.0 Å². The SMILES string of the molecule is CCN1CCN(Cc2ccccc2CNC(=O)c2cccc(NC(=O)CCn3ccnc3)c2)CC1. The van der Waals surface area contributed by atoms with E-state index in [1.165, 1.54) is 5.56 Å². The highest BCUT2D eigenvalue weighted by Crippen LogP contribution is 2.15. The zero-order valence-electron chi connectivity index (χ0n) is 20.3. The van der Waals surface area contributed by atoms with Crippen molar-refractivity contribution in [3.8, 4) is 0 Å². The minimum absolute atomic E-state index is 0.107. The Bertz CT molecular complexity index is 1110. The summed E-state index contributed by atoms with van der Waals surface area (Å²) >= 11 is 0. The molecule has 0 aliphatic carbocycles. The average molecular weight is 475 g/mol. The van der Waals surface area contributed by atoms with Crippen molar-refractivity contribution >= 4 is 17.5 Å². The maximum atomic E-state index is 12.9. The Hall–Kier alpha value is -3.49. The second kappa shape index (κ2) is 12.3. The molecule has 184 valence electrons. The highest BCUT2D eigenvalue weighted by atomic mass is 16.2. The molecule has 1 fully saturated rings. The number of carbonyl (C=O) groups is 2. The smallest absolute Gasteiger partial charge is 0.251 e. The lowest BCUT2D eigenvalue weighted by Gasteiger charge is -2.34. The van der Waals surface area contributed by atoms with E-state index < -0.39 is 0 Å². The van der Waals surface area contributed by atoms with Crippen LogP contribution in [0.1, 0.15) is 34.8 Å². The molecule has 2 N–H and O–H groups in total. The molecule has 3 aromatic rings. The molecule has 2 aromatic carbocycles. The third-order valence-corrected chi connectivity index (χ3v) is 6.43. The van der Waals surface area contributed by atoms with Gasteiger partial charge in [0.15, 0.2) is 0 Å². The number of amides is 2. The highest BCUT2D eigenvalue weighted by Gasteiger charge is 2.17. The number of carbonyl (C=O) groups excluding carboxylic acids is 2. The number of imidazole rings is 1. The Kier molecular flexibility index (Phi) is 8.64. The summed E-state index contributed by atoms with van der Waals surface area (Å²) < 4.78 is 1.85. The molecule has 8 nitrogen and oxygen atoms in total. The van der Waals surface area contributed by atoms with E-state index in [4.69, 9.17) is 0 Å². The van der Waals surface area contributed by atoms with Crippen LogP contribution < -0.4 is 10.6 Å². The first-order chi connectivity index (χ1) is 17.1. The van der Waals surface area contributed by atoms with Crippen LogP contribution in [0.3, 0.4) is 0 Å². The van der Waals surface area contributed by atoms with E-state index in [0.29, 0.717) is 30.8 Å². The number of nitrogens with one attached hydrogen (secondary N) is 2. The Balaban J connectivity index is 1.30. The fourth-order valence-corrected chi connectivity index (χ4v) is 4.28. The molecule has 35 heavy (non-hydrogen) atoms. The monoisotopic (exact) mass is 474 g/mol. The predicted molar refractivity (Wildman–Crippen MR) is 137 cm³/mol. The number of nitrogens with zero attached hydrogens (tertiary/aromatic N) is 4. The molecule has 0 bridgehead atoms. The molecule has 2 heterocycles. The molecule has 0 saturated carbocycles. The second-order valence-corrected chi connectivity index (χ2v) is 8.84. The Morgan fingerprint density at radius 1 is 0.971 bits per heavy atom. The fourth-order valence-electron chi connectivity index (χ4n) is 4.28. The van der Waals surface area contributed by atoms with Gasteiger partial charge in [0.1, 0.15) is 0 Å². The molecule has 1 aromatic heterocycles. The lowest BCUT2D eigenvalue weighted by molar-refractivity contribution is -0.116. The van der Waals surface area contributed by atoms with Crippen LogP contribution >= 0.6 is 0 Å². The first-order valence-corrected chi connectivity index (χ1v) is 12.3. The van der Waals surface area contributed by atoms with E-state index in [2.05, 4.69) is 50.5 Å². The third kappa shape index (κ3) is 7.24. The molecular formula is C27H34N6O2. The standard InChI is InChI=1S/C27H34N6O2/c1-2-31-14-16-32(17-15-31)20-24-7-4-3-6-23(24)19-29-27(35)22-8-5-9-25(18-22)30-26(34)10-12-33-13-11-28-21-33/h3-9,11,13,18,21H,2,10,12,14-17,19-20H2,1H3,(H,29,35)(H,30,34). The van der Waals surface area contributed by atoms with Gasteiger partial charge in [-0.15, -0.1) is 0 Å². The van der Waals surface area contributed by atoms with Gasteiger partial charge in [-0.3, -0.25) is 14.5 Å².